The highest BCUT2D eigenvalue weighted by Gasteiger charge is 2.31. The second-order valence-corrected chi connectivity index (χ2v) is 10.3. The van der Waals surface area contributed by atoms with E-state index >= 15 is 0 Å². The molecule has 0 saturated carbocycles. The van der Waals surface area contributed by atoms with Gasteiger partial charge < -0.3 is 9.73 Å². The van der Waals surface area contributed by atoms with Crippen LogP contribution < -0.4 is 10.9 Å². The summed E-state index contributed by atoms with van der Waals surface area (Å²) in [7, 11) is -3.96. The van der Waals surface area contributed by atoms with Crippen molar-refractivity contribution in [3.8, 4) is 0 Å². The van der Waals surface area contributed by atoms with Crippen molar-refractivity contribution in [2.24, 2.45) is 0 Å². The minimum Gasteiger partial charge on any atom is -0.422 e. The first-order valence-corrected chi connectivity index (χ1v) is 12.0. The maximum absolute atomic E-state index is 13.7. The van der Waals surface area contributed by atoms with Crippen molar-refractivity contribution in [3.05, 3.63) is 98.3 Å². The number of carbonyl (C=O) groups is 1. The van der Waals surface area contributed by atoms with Crippen molar-refractivity contribution >= 4 is 38.1 Å². The fraction of sp³-hybridized carbons (Fsp3) is 0.130. The fourth-order valence-electron chi connectivity index (χ4n) is 3.30. The highest BCUT2D eigenvalue weighted by atomic mass is 32.2. The second-order valence-electron chi connectivity index (χ2n) is 7.16. The molecule has 0 saturated heterocycles. The summed E-state index contributed by atoms with van der Waals surface area (Å²) in [5, 5.41) is 3.74. The molecule has 32 heavy (non-hydrogen) atoms. The lowest BCUT2D eigenvalue weighted by atomic mass is 10.2. The van der Waals surface area contributed by atoms with E-state index < -0.39 is 32.4 Å². The van der Waals surface area contributed by atoms with E-state index in [1.807, 2.05) is 0 Å². The number of sulfone groups is 1. The largest absolute Gasteiger partial charge is 0.422 e. The van der Waals surface area contributed by atoms with Crippen molar-refractivity contribution in [3.63, 3.8) is 0 Å². The summed E-state index contributed by atoms with van der Waals surface area (Å²) in [5.41, 5.74) is -0.483. The van der Waals surface area contributed by atoms with Gasteiger partial charge in [-0.15, -0.1) is 11.3 Å². The van der Waals surface area contributed by atoms with E-state index in [-0.39, 0.29) is 22.6 Å². The summed E-state index contributed by atoms with van der Waals surface area (Å²) >= 11 is 1.23. The molecule has 164 valence electrons. The van der Waals surface area contributed by atoms with Crippen LogP contribution in [0.4, 0.5) is 4.39 Å². The summed E-state index contributed by atoms with van der Waals surface area (Å²) < 4.78 is 45.5. The first kappa shape index (κ1) is 21.9. The molecule has 0 aliphatic carbocycles. The van der Waals surface area contributed by atoms with E-state index in [0.717, 1.165) is 6.07 Å². The quantitative estimate of drug-likeness (QED) is 0.335. The average Bonchev–Trinajstić information content (AvgIpc) is 3.29. The molecule has 0 radical (unpaired) electrons. The molecule has 1 atom stereocenters. The topological polar surface area (TPSA) is 93.4 Å². The maximum atomic E-state index is 13.7. The van der Waals surface area contributed by atoms with Crippen molar-refractivity contribution < 1.29 is 22.0 Å². The Hall–Kier alpha value is -3.30. The number of amides is 1. The third-order valence-corrected chi connectivity index (χ3v) is 8.24. The van der Waals surface area contributed by atoms with E-state index in [1.54, 1.807) is 41.8 Å². The lowest BCUT2D eigenvalue weighted by Crippen LogP contribution is -2.34. The zero-order valence-corrected chi connectivity index (χ0v) is 18.5. The van der Waals surface area contributed by atoms with E-state index in [9.17, 15) is 22.4 Å². The smallest absolute Gasteiger partial charge is 0.349 e. The Morgan fingerprint density at radius 1 is 1.12 bits per heavy atom. The van der Waals surface area contributed by atoms with E-state index in [4.69, 9.17) is 4.42 Å². The zero-order valence-electron chi connectivity index (χ0n) is 16.9. The summed E-state index contributed by atoms with van der Waals surface area (Å²) in [6, 6.07) is 15.1. The van der Waals surface area contributed by atoms with Crippen LogP contribution >= 0.6 is 11.3 Å². The highest BCUT2D eigenvalue weighted by Crippen LogP contribution is 2.32. The van der Waals surface area contributed by atoms with Crippen LogP contribution in [-0.2, 0) is 9.84 Å². The summed E-state index contributed by atoms with van der Waals surface area (Å²) in [5.74, 6) is -1.25. The third-order valence-electron chi connectivity index (χ3n) is 5.03. The van der Waals surface area contributed by atoms with Crippen molar-refractivity contribution in [2.45, 2.75) is 17.1 Å². The molecule has 4 rings (SSSR count). The lowest BCUT2D eigenvalue weighted by Gasteiger charge is -2.18. The molecule has 9 heteroatoms. The Balaban J connectivity index is 1.65. The van der Waals surface area contributed by atoms with Gasteiger partial charge in [0.15, 0.2) is 9.84 Å². The SMILES string of the molecule is Cc1cc(S(=O)(=O)[C@H](CNC(=O)c2cc3ccccc3oc2=O)c2cccs2)ccc1F. The molecule has 0 unspecified atom stereocenters. The molecule has 6 nitrogen and oxygen atoms in total. The summed E-state index contributed by atoms with van der Waals surface area (Å²) in [6.07, 6.45) is 0. The van der Waals surface area contributed by atoms with Gasteiger partial charge in [-0.05, 0) is 54.3 Å². The first-order valence-electron chi connectivity index (χ1n) is 9.62. The van der Waals surface area contributed by atoms with Crippen molar-refractivity contribution in [1.82, 2.24) is 5.32 Å². The number of aryl methyl sites for hydroxylation is 1. The molecule has 0 fully saturated rings. The summed E-state index contributed by atoms with van der Waals surface area (Å²) in [6.45, 7) is 1.21. The van der Waals surface area contributed by atoms with Crippen LogP contribution in [0.5, 0.6) is 0 Å². The van der Waals surface area contributed by atoms with Gasteiger partial charge >= 0.3 is 5.63 Å². The predicted octanol–water partition coefficient (Wildman–Crippen LogP) is 4.25. The van der Waals surface area contributed by atoms with Crippen LogP contribution in [0.1, 0.15) is 26.0 Å². The number of para-hydroxylation sites is 1. The predicted molar refractivity (Wildman–Crippen MR) is 120 cm³/mol. The minimum absolute atomic E-state index is 0.0470. The second kappa shape index (κ2) is 8.68. The molecule has 0 spiro atoms. The number of hydrogen-bond acceptors (Lipinski definition) is 6. The normalized spacial score (nSPS) is 12.6. The first-order chi connectivity index (χ1) is 15.3. The van der Waals surface area contributed by atoms with Crippen LogP contribution in [0, 0.1) is 12.7 Å². The monoisotopic (exact) mass is 471 g/mol. The van der Waals surface area contributed by atoms with Gasteiger partial charge in [0, 0.05) is 16.8 Å². The molecule has 2 aromatic carbocycles. The lowest BCUT2D eigenvalue weighted by molar-refractivity contribution is 0.0950. The number of benzene rings is 2. The number of rotatable bonds is 6. The van der Waals surface area contributed by atoms with E-state index in [0.29, 0.717) is 15.8 Å². The van der Waals surface area contributed by atoms with Crippen molar-refractivity contribution in [2.75, 3.05) is 6.54 Å². The van der Waals surface area contributed by atoms with Crippen LogP contribution in [-0.4, -0.2) is 20.9 Å². The Labute approximate surface area is 187 Å². The van der Waals surface area contributed by atoms with Gasteiger partial charge in [-0.2, -0.15) is 0 Å². The van der Waals surface area contributed by atoms with Gasteiger partial charge in [0.05, 0.1) is 4.90 Å². The molecule has 0 aliphatic heterocycles. The Morgan fingerprint density at radius 2 is 1.91 bits per heavy atom. The number of thiophene rings is 1. The average molecular weight is 472 g/mol. The Morgan fingerprint density at radius 3 is 2.62 bits per heavy atom. The van der Waals surface area contributed by atoms with Gasteiger partial charge in [0.2, 0.25) is 0 Å². The summed E-state index contributed by atoms with van der Waals surface area (Å²) in [4.78, 5) is 25.5. The zero-order chi connectivity index (χ0) is 22.9. The molecular weight excluding hydrogens is 453 g/mol. The number of carbonyl (C=O) groups excluding carboxylic acids is 1. The Bertz CT molecular complexity index is 1460. The van der Waals surface area contributed by atoms with E-state index in [2.05, 4.69) is 5.32 Å². The van der Waals surface area contributed by atoms with E-state index in [1.165, 1.54) is 36.5 Å². The van der Waals surface area contributed by atoms with Gasteiger partial charge in [0.25, 0.3) is 5.91 Å². The minimum atomic E-state index is -3.96. The van der Waals surface area contributed by atoms with Gasteiger partial charge in [-0.3, -0.25) is 4.79 Å². The fourth-order valence-corrected chi connectivity index (χ4v) is 6.16. The van der Waals surface area contributed by atoms with Crippen molar-refractivity contribution in [1.29, 1.82) is 0 Å². The molecule has 2 aromatic heterocycles. The maximum Gasteiger partial charge on any atom is 0.349 e. The van der Waals surface area contributed by atoms with Gasteiger partial charge in [-0.1, -0.05) is 24.3 Å². The van der Waals surface area contributed by atoms with Crippen LogP contribution in [0.3, 0.4) is 0 Å². The molecule has 0 bridgehead atoms. The Kier molecular flexibility index (Phi) is 5.94. The number of hydrogen-bond donors (Lipinski definition) is 1. The molecule has 1 amide bonds. The number of fused-ring (bicyclic) bond motifs is 1. The van der Waals surface area contributed by atoms with Crippen LogP contribution in [0.15, 0.2) is 80.2 Å². The standard InChI is InChI=1S/C23H18FNO5S2/c1-14-11-16(8-9-18(14)24)32(28,29)21(20-7-4-10-31-20)13-25-22(26)17-12-15-5-2-3-6-19(15)30-23(17)27/h2-12,21H,13H2,1H3,(H,25,26)/t21-/m1/s1. The number of halogens is 1. The number of nitrogens with one attached hydrogen (secondary N) is 1. The molecule has 2 heterocycles. The molecular formula is C23H18FNO5S2. The van der Waals surface area contributed by atoms with Gasteiger partial charge in [0.1, 0.15) is 22.2 Å². The van der Waals surface area contributed by atoms with Crippen LogP contribution in [0.25, 0.3) is 11.0 Å². The third kappa shape index (κ3) is 4.21. The van der Waals surface area contributed by atoms with Crippen LogP contribution in [0.2, 0.25) is 0 Å². The molecule has 4 aromatic rings. The van der Waals surface area contributed by atoms with Gasteiger partial charge in [-0.25, -0.2) is 17.6 Å². The highest BCUT2D eigenvalue weighted by molar-refractivity contribution is 7.91. The molecule has 0 aliphatic rings. The molecule has 1 N–H and O–H groups in total.